The standard InChI is InChI=1S/C10H14N2OS3/c1-3-11-5-6-15-9(11)7-8(13)12(4-2)10(14)16-7/h3-6H2,1-2H3/b9-7+. The average Bonchev–Trinajstić information content (AvgIpc) is 2.83. The first kappa shape index (κ1) is 12.3. The minimum absolute atomic E-state index is 0.0837. The molecule has 6 heteroatoms. The van der Waals surface area contributed by atoms with Gasteiger partial charge in [0.2, 0.25) is 0 Å². The largest absolute Gasteiger partial charge is 0.365 e. The molecule has 2 rings (SSSR count). The Balaban J connectivity index is 2.31. The minimum Gasteiger partial charge on any atom is -0.365 e. The predicted octanol–water partition coefficient (Wildman–Crippen LogP) is 2.10. The zero-order valence-electron chi connectivity index (χ0n) is 9.36. The highest BCUT2D eigenvalue weighted by atomic mass is 32.2. The van der Waals surface area contributed by atoms with Crippen molar-refractivity contribution in [2.75, 3.05) is 25.4 Å². The van der Waals surface area contributed by atoms with Gasteiger partial charge in [0.15, 0.2) is 0 Å². The summed E-state index contributed by atoms with van der Waals surface area (Å²) in [5, 5.41) is 1.12. The van der Waals surface area contributed by atoms with Gasteiger partial charge in [-0.1, -0.05) is 24.0 Å². The van der Waals surface area contributed by atoms with Crippen LogP contribution in [0.4, 0.5) is 0 Å². The maximum atomic E-state index is 12.1. The van der Waals surface area contributed by atoms with Crippen molar-refractivity contribution in [3.8, 4) is 0 Å². The van der Waals surface area contributed by atoms with Crippen molar-refractivity contribution in [2.24, 2.45) is 0 Å². The second-order valence-corrected chi connectivity index (χ2v) is 6.21. The third-order valence-corrected chi connectivity index (χ3v) is 5.32. The molecule has 0 unspecified atom stereocenters. The van der Waals surface area contributed by atoms with E-state index in [-0.39, 0.29) is 5.91 Å². The number of carbonyl (C=O) groups excluding carboxylic acids is 1. The first-order valence-corrected chi connectivity index (χ1v) is 7.55. The van der Waals surface area contributed by atoms with Crippen LogP contribution in [-0.2, 0) is 4.79 Å². The Labute approximate surface area is 110 Å². The van der Waals surface area contributed by atoms with Crippen LogP contribution in [0.2, 0.25) is 0 Å². The van der Waals surface area contributed by atoms with Crippen LogP contribution in [0.1, 0.15) is 13.8 Å². The first-order valence-electron chi connectivity index (χ1n) is 5.34. The summed E-state index contributed by atoms with van der Waals surface area (Å²) < 4.78 is 0.693. The van der Waals surface area contributed by atoms with Crippen molar-refractivity contribution < 1.29 is 4.79 Å². The molecule has 0 atom stereocenters. The number of amides is 1. The van der Waals surface area contributed by atoms with Crippen molar-refractivity contribution in [3.63, 3.8) is 0 Å². The summed E-state index contributed by atoms with van der Waals surface area (Å²) in [6, 6.07) is 0. The Kier molecular flexibility index (Phi) is 3.81. The van der Waals surface area contributed by atoms with Gasteiger partial charge >= 0.3 is 0 Å². The lowest BCUT2D eigenvalue weighted by Crippen LogP contribution is -2.28. The summed E-state index contributed by atoms with van der Waals surface area (Å²) >= 11 is 8.43. The number of nitrogens with zero attached hydrogens (tertiary/aromatic N) is 2. The van der Waals surface area contributed by atoms with Crippen LogP contribution in [-0.4, -0.2) is 45.4 Å². The fourth-order valence-electron chi connectivity index (χ4n) is 1.76. The van der Waals surface area contributed by atoms with Crippen molar-refractivity contribution >= 4 is 46.0 Å². The quantitative estimate of drug-likeness (QED) is 0.567. The SMILES string of the molecule is CCN1C(=O)/C(=C2\SCCN2CC)SC1=S. The lowest BCUT2D eigenvalue weighted by atomic mass is 10.4. The highest BCUT2D eigenvalue weighted by Crippen LogP contribution is 2.40. The Morgan fingerprint density at radius 3 is 2.69 bits per heavy atom. The molecule has 2 aliphatic rings. The average molecular weight is 274 g/mol. The lowest BCUT2D eigenvalue weighted by molar-refractivity contribution is -0.122. The Bertz CT molecular complexity index is 367. The number of hydrogen-bond acceptors (Lipinski definition) is 5. The number of carbonyl (C=O) groups is 1. The van der Waals surface area contributed by atoms with Crippen molar-refractivity contribution in [2.45, 2.75) is 13.8 Å². The molecule has 2 aliphatic heterocycles. The van der Waals surface area contributed by atoms with Crippen molar-refractivity contribution in [3.05, 3.63) is 9.93 Å². The maximum absolute atomic E-state index is 12.1. The van der Waals surface area contributed by atoms with Crippen LogP contribution in [0, 0.1) is 0 Å². The molecule has 0 bridgehead atoms. The molecule has 88 valence electrons. The van der Waals surface area contributed by atoms with Gasteiger partial charge in [0.25, 0.3) is 5.91 Å². The fourth-order valence-corrected chi connectivity index (χ4v) is 4.56. The van der Waals surface area contributed by atoms with Crippen LogP contribution in [0.5, 0.6) is 0 Å². The molecule has 0 aromatic rings. The van der Waals surface area contributed by atoms with Crippen molar-refractivity contribution in [1.82, 2.24) is 9.80 Å². The summed E-state index contributed by atoms with van der Waals surface area (Å²) in [5.41, 5.74) is 0. The molecule has 0 N–H and O–H groups in total. The van der Waals surface area contributed by atoms with Crippen LogP contribution in [0.15, 0.2) is 9.93 Å². The zero-order chi connectivity index (χ0) is 11.7. The molecule has 2 saturated heterocycles. The molecule has 3 nitrogen and oxygen atoms in total. The number of thioether (sulfide) groups is 2. The summed E-state index contributed by atoms with van der Waals surface area (Å²) in [6.45, 7) is 6.73. The van der Waals surface area contributed by atoms with E-state index in [0.717, 1.165) is 28.8 Å². The van der Waals surface area contributed by atoms with Gasteiger partial charge in [0.1, 0.15) is 9.23 Å². The molecular weight excluding hydrogens is 260 g/mol. The Hall–Kier alpha value is -0.200. The van der Waals surface area contributed by atoms with E-state index in [2.05, 4.69) is 11.8 Å². The summed E-state index contributed by atoms with van der Waals surface area (Å²) in [6.07, 6.45) is 0. The van der Waals surface area contributed by atoms with E-state index in [4.69, 9.17) is 12.2 Å². The van der Waals surface area contributed by atoms with Gasteiger partial charge in [-0.2, -0.15) is 0 Å². The molecule has 2 fully saturated rings. The number of likely N-dealkylation sites (N-methyl/N-ethyl adjacent to an activating group) is 1. The van der Waals surface area contributed by atoms with E-state index in [0.29, 0.717) is 10.9 Å². The third-order valence-electron chi connectivity index (χ3n) is 2.63. The summed E-state index contributed by atoms with van der Waals surface area (Å²) in [7, 11) is 0. The number of thiocarbonyl (C=S) groups is 1. The van der Waals surface area contributed by atoms with Gasteiger partial charge < -0.3 is 4.90 Å². The topological polar surface area (TPSA) is 23.6 Å². The van der Waals surface area contributed by atoms with Crippen LogP contribution >= 0.6 is 35.7 Å². The summed E-state index contributed by atoms with van der Waals surface area (Å²) in [5.74, 6) is 1.15. The lowest BCUT2D eigenvalue weighted by Gasteiger charge is -2.17. The van der Waals surface area contributed by atoms with E-state index >= 15 is 0 Å². The Morgan fingerprint density at radius 1 is 1.38 bits per heavy atom. The molecule has 0 aromatic heterocycles. The molecule has 0 saturated carbocycles. The normalized spacial score (nSPS) is 26.1. The molecule has 0 aliphatic carbocycles. The first-order chi connectivity index (χ1) is 7.69. The predicted molar refractivity (Wildman–Crippen MR) is 74.3 cm³/mol. The van der Waals surface area contributed by atoms with Gasteiger partial charge in [-0.3, -0.25) is 9.69 Å². The van der Waals surface area contributed by atoms with E-state index in [1.165, 1.54) is 11.8 Å². The third kappa shape index (κ3) is 1.98. The van der Waals surface area contributed by atoms with E-state index in [9.17, 15) is 4.79 Å². The highest BCUT2D eigenvalue weighted by Gasteiger charge is 2.36. The van der Waals surface area contributed by atoms with Gasteiger partial charge in [0.05, 0.1) is 5.03 Å². The molecule has 0 spiro atoms. The molecular formula is C10H14N2OS3. The molecule has 16 heavy (non-hydrogen) atoms. The van der Waals surface area contributed by atoms with Gasteiger partial charge in [-0.05, 0) is 13.8 Å². The second kappa shape index (κ2) is 4.98. The maximum Gasteiger partial charge on any atom is 0.268 e. The Morgan fingerprint density at radius 2 is 2.12 bits per heavy atom. The molecule has 0 radical (unpaired) electrons. The van der Waals surface area contributed by atoms with Crippen LogP contribution in [0.25, 0.3) is 0 Å². The summed E-state index contributed by atoms with van der Waals surface area (Å²) in [4.78, 5) is 16.9. The molecule has 0 aromatic carbocycles. The zero-order valence-corrected chi connectivity index (χ0v) is 11.8. The number of hydrogen-bond donors (Lipinski definition) is 0. The highest BCUT2D eigenvalue weighted by molar-refractivity contribution is 8.27. The minimum atomic E-state index is 0.0837. The van der Waals surface area contributed by atoms with E-state index in [1.807, 2.05) is 6.92 Å². The van der Waals surface area contributed by atoms with Crippen LogP contribution < -0.4 is 0 Å². The molecule has 2 heterocycles. The monoisotopic (exact) mass is 274 g/mol. The second-order valence-electron chi connectivity index (χ2n) is 3.48. The smallest absolute Gasteiger partial charge is 0.268 e. The molecule has 1 amide bonds. The van der Waals surface area contributed by atoms with E-state index < -0.39 is 0 Å². The van der Waals surface area contributed by atoms with Gasteiger partial charge in [-0.15, -0.1) is 11.8 Å². The van der Waals surface area contributed by atoms with Gasteiger partial charge in [-0.25, -0.2) is 0 Å². The number of rotatable bonds is 2. The van der Waals surface area contributed by atoms with E-state index in [1.54, 1.807) is 16.7 Å². The van der Waals surface area contributed by atoms with Crippen LogP contribution in [0.3, 0.4) is 0 Å². The fraction of sp³-hybridized carbons (Fsp3) is 0.600. The van der Waals surface area contributed by atoms with Crippen molar-refractivity contribution in [1.29, 1.82) is 0 Å². The van der Waals surface area contributed by atoms with Gasteiger partial charge in [0, 0.05) is 25.4 Å².